The van der Waals surface area contributed by atoms with Gasteiger partial charge in [0.1, 0.15) is 11.4 Å². The summed E-state index contributed by atoms with van der Waals surface area (Å²) in [5.74, 6) is 0.524. The van der Waals surface area contributed by atoms with E-state index in [-0.39, 0.29) is 0 Å². The molecule has 0 bridgehead atoms. The third-order valence-electron chi connectivity index (χ3n) is 1.23. The molecule has 14 heavy (non-hydrogen) atoms. The molecule has 1 heterocycles. The summed E-state index contributed by atoms with van der Waals surface area (Å²) in [6, 6.07) is 3.42. The molecule has 0 aromatic carbocycles. The smallest absolute Gasteiger partial charge is 0.434 e. The first-order valence-electron chi connectivity index (χ1n) is 4.28. The molecule has 1 rings (SSSR count). The Kier molecular flexibility index (Phi) is 3.06. The summed E-state index contributed by atoms with van der Waals surface area (Å²) in [6.45, 7) is 5.36. The van der Waals surface area contributed by atoms with Gasteiger partial charge in [-0.2, -0.15) is 4.99 Å². The molecule has 0 spiro atoms. The summed E-state index contributed by atoms with van der Waals surface area (Å²) >= 11 is 0. The van der Waals surface area contributed by atoms with E-state index in [1.807, 2.05) is 0 Å². The zero-order valence-corrected chi connectivity index (χ0v) is 8.48. The lowest BCUT2D eigenvalue weighted by atomic mass is 10.2. The van der Waals surface area contributed by atoms with Crippen molar-refractivity contribution in [2.45, 2.75) is 26.4 Å². The lowest BCUT2D eigenvalue weighted by Crippen LogP contribution is -2.21. The molecule has 4 heteroatoms. The Balaban J connectivity index is 2.49. The van der Waals surface area contributed by atoms with Crippen molar-refractivity contribution in [1.82, 2.24) is 0 Å². The zero-order valence-electron chi connectivity index (χ0n) is 8.48. The van der Waals surface area contributed by atoms with Crippen LogP contribution in [-0.2, 0) is 4.74 Å². The second kappa shape index (κ2) is 4.09. The maximum Gasteiger partial charge on any atom is 0.434 e. The van der Waals surface area contributed by atoms with Gasteiger partial charge in [-0.1, -0.05) is 0 Å². The SMILES string of the molecule is CC(C)(C)OC(=O)/N=C/c1ccco1. The molecule has 76 valence electrons. The van der Waals surface area contributed by atoms with Crippen LogP contribution in [0.1, 0.15) is 26.5 Å². The summed E-state index contributed by atoms with van der Waals surface area (Å²) in [7, 11) is 0. The average molecular weight is 195 g/mol. The molecule has 0 radical (unpaired) electrons. The number of furan rings is 1. The minimum absolute atomic E-state index is 0.516. The minimum atomic E-state index is -0.617. The van der Waals surface area contributed by atoms with E-state index in [0.717, 1.165) is 0 Å². The van der Waals surface area contributed by atoms with Gasteiger partial charge in [-0.3, -0.25) is 0 Å². The van der Waals surface area contributed by atoms with Gasteiger partial charge in [0.2, 0.25) is 0 Å². The van der Waals surface area contributed by atoms with E-state index in [1.54, 1.807) is 32.9 Å². The molecule has 0 aliphatic carbocycles. The molecule has 0 fully saturated rings. The van der Waals surface area contributed by atoms with Crippen LogP contribution in [0.4, 0.5) is 4.79 Å². The number of rotatable bonds is 1. The highest BCUT2D eigenvalue weighted by molar-refractivity contribution is 5.86. The van der Waals surface area contributed by atoms with Gasteiger partial charge in [0, 0.05) is 0 Å². The maximum absolute atomic E-state index is 11.1. The van der Waals surface area contributed by atoms with Crippen LogP contribution in [0.25, 0.3) is 0 Å². The van der Waals surface area contributed by atoms with Crippen molar-refractivity contribution in [3.63, 3.8) is 0 Å². The van der Waals surface area contributed by atoms with E-state index in [2.05, 4.69) is 4.99 Å². The van der Waals surface area contributed by atoms with E-state index in [9.17, 15) is 4.79 Å². The lowest BCUT2D eigenvalue weighted by Gasteiger charge is -2.16. The van der Waals surface area contributed by atoms with Crippen molar-refractivity contribution in [3.8, 4) is 0 Å². The summed E-state index contributed by atoms with van der Waals surface area (Å²) < 4.78 is 9.91. The Morgan fingerprint density at radius 2 is 2.29 bits per heavy atom. The van der Waals surface area contributed by atoms with Gasteiger partial charge in [-0.15, -0.1) is 0 Å². The molecule has 0 saturated heterocycles. The molecular weight excluding hydrogens is 182 g/mol. The fraction of sp³-hybridized carbons (Fsp3) is 0.400. The molecule has 0 N–H and O–H groups in total. The van der Waals surface area contributed by atoms with Crippen molar-refractivity contribution in [3.05, 3.63) is 24.2 Å². The van der Waals surface area contributed by atoms with Gasteiger partial charge in [-0.25, -0.2) is 4.79 Å². The molecule has 1 aromatic rings. The Morgan fingerprint density at radius 3 is 2.79 bits per heavy atom. The van der Waals surface area contributed by atoms with E-state index in [4.69, 9.17) is 9.15 Å². The zero-order chi connectivity index (χ0) is 10.6. The minimum Gasteiger partial charge on any atom is -0.463 e. The van der Waals surface area contributed by atoms with Crippen LogP contribution in [0.2, 0.25) is 0 Å². The molecule has 0 atom stereocenters. The van der Waals surface area contributed by atoms with Crippen molar-refractivity contribution in [1.29, 1.82) is 0 Å². The molecule has 4 nitrogen and oxygen atoms in total. The molecule has 1 aromatic heterocycles. The fourth-order valence-electron chi connectivity index (χ4n) is 0.769. The molecule has 0 unspecified atom stereocenters. The number of ether oxygens (including phenoxy) is 1. The summed E-state index contributed by atoms with van der Waals surface area (Å²) in [5.41, 5.74) is -0.516. The Hall–Kier alpha value is -1.58. The highest BCUT2D eigenvalue weighted by Crippen LogP contribution is 2.07. The molecule has 0 saturated carbocycles. The van der Waals surface area contributed by atoms with Gasteiger partial charge in [0.25, 0.3) is 0 Å². The van der Waals surface area contributed by atoms with Crippen LogP contribution in [-0.4, -0.2) is 17.9 Å². The van der Waals surface area contributed by atoms with Crippen molar-refractivity contribution in [2.24, 2.45) is 4.99 Å². The van der Waals surface area contributed by atoms with Crippen LogP contribution in [0.5, 0.6) is 0 Å². The predicted octanol–water partition coefficient (Wildman–Crippen LogP) is 2.63. The number of carbonyl (C=O) groups is 1. The Bertz CT molecular complexity index is 320. The number of amides is 1. The van der Waals surface area contributed by atoms with E-state index in [0.29, 0.717) is 5.76 Å². The lowest BCUT2D eigenvalue weighted by molar-refractivity contribution is 0.0605. The fourth-order valence-corrected chi connectivity index (χ4v) is 0.769. The largest absolute Gasteiger partial charge is 0.463 e. The third kappa shape index (κ3) is 3.89. The number of nitrogens with zero attached hydrogens (tertiary/aromatic N) is 1. The first-order chi connectivity index (χ1) is 6.47. The van der Waals surface area contributed by atoms with Crippen LogP contribution in [0.3, 0.4) is 0 Å². The second-order valence-corrected chi connectivity index (χ2v) is 3.75. The van der Waals surface area contributed by atoms with Crippen LogP contribution in [0.15, 0.2) is 27.8 Å². The quantitative estimate of drug-likeness (QED) is 0.647. The number of aliphatic imine (C=N–C) groups is 1. The summed E-state index contributed by atoms with van der Waals surface area (Å²) in [5, 5.41) is 0. The maximum atomic E-state index is 11.1. The normalized spacial score (nSPS) is 11.9. The summed E-state index contributed by atoms with van der Waals surface area (Å²) in [4.78, 5) is 14.7. The highest BCUT2D eigenvalue weighted by Gasteiger charge is 2.14. The van der Waals surface area contributed by atoms with Crippen molar-refractivity contribution in [2.75, 3.05) is 0 Å². The second-order valence-electron chi connectivity index (χ2n) is 3.75. The number of carbonyl (C=O) groups excluding carboxylic acids is 1. The third-order valence-corrected chi connectivity index (χ3v) is 1.23. The van der Waals surface area contributed by atoms with Gasteiger partial charge < -0.3 is 9.15 Å². The Labute approximate surface area is 82.6 Å². The van der Waals surface area contributed by atoms with Crippen molar-refractivity contribution >= 4 is 12.3 Å². The Morgan fingerprint density at radius 1 is 1.57 bits per heavy atom. The average Bonchev–Trinajstić information content (AvgIpc) is 2.49. The first kappa shape index (κ1) is 10.5. The molecule has 0 aliphatic heterocycles. The van der Waals surface area contributed by atoms with Gasteiger partial charge in [0.15, 0.2) is 0 Å². The van der Waals surface area contributed by atoms with Gasteiger partial charge in [-0.05, 0) is 32.9 Å². The van der Waals surface area contributed by atoms with Crippen LogP contribution < -0.4 is 0 Å². The first-order valence-corrected chi connectivity index (χ1v) is 4.28. The van der Waals surface area contributed by atoms with E-state index >= 15 is 0 Å². The van der Waals surface area contributed by atoms with Gasteiger partial charge in [0.05, 0.1) is 12.5 Å². The van der Waals surface area contributed by atoms with Crippen molar-refractivity contribution < 1.29 is 13.9 Å². The monoisotopic (exact) mass is 195 g/mol. The van der Waals surface area contributed by atoms with E-state index in [1.165, 1.54) is 12.5 Å². The molecular formula is C10H13NO3. The number of hydrogen-bond donors (Lipinski definition) is 0. The van der Waals surface area contributed by atoms with Gasteiger partial charge >= 0.3 is 6.09 Å². The standard InChI is InChI=1S/C10H13NO3/c1-10(2,3)14-9(12)11-7-8-5-4-6-13-8/h4-7H,1-3H3/b11-7+. The molecule has 0 aliphatic rings. The number of hydrogen-bond acceptors (Lipinski definition) is 3. The van der Waals surface area contributed by atoms with Crippen LogP contribution in [0, 0.1) is 0 Å². The van der Waals surface area contributed by atoms with E-state index < -0.39 is 11.7 Å². The van der Waals surface area contributed by atoms with Crippen LogP contribution >= 0.6 is 0 Å². The predicted molar refractivity (Wildman–Crippen MR) is 52.5 cm³/mol. The topological polar surface area (TPSA) is 51.8 Å². The molecule has 1 amide bonds. The summed E-state index contributed by atoms with van der Waals surface area (Å²) in [6.07, 6.45) is 2.22. The highest BCUT2D eigenvalue weighted by atomic mass is 16.6.